The molecule has 12 heteroatoms. The maximum Gasteiger partial charge on any atom is 0.573 e. The predicted molar refractivity (Wildman–Crippen MR) is 135 cm³/mol. The number of carbonyl (C=O) groups excluding carboxylic acids is 1. The van der Waals surface area contributed by atoms with E-state index in [1.165, 1.54) is 17.0 Å². The van der Waals surface area contributed by atoms with Crippen LogP contribution >= 0.6 is 0 Å². The van der Waals surface area contributed by atoms with Crippen LogP contribution in [0.15, 0.2) is 48.5 Å². The molecule has 0 saturated heterocycles. The molecule has 39 heavy (non-hydrogen) atoms. The molecule has 2 aromatic rings. The zero-order chi connectivity index (χ0) is 28.7. The summed E-state index contributed by atoms with van der Waals surface area (Å²) < 4.78 is 62.7. The fourth-order valence-corrected chi connectivity index (χ4v) is 3.40. The van der Waals surface area contributed by atoms with E-state index in [4.69, 9.17) is 18.9 Å². The normalized spacial score (nSPS) is 12.0. The molecule has 0 fully saturated rings. The first-order valence-electron chi connectivity index (χ1n) is 12.6. The molecule has 9 nitrogen and oxygen atoms in total. The Morgan fingerprint density at radius 1 is 0.897 bits per heavy atom. The molecule has 1 atom stereocenters. The van der Waals surface area contributed by atoms with Crippen molar-refractivity contribution in [1.29, 1.82) is 0 Å². The van der Waals surface area contributed by atoms with Gasteiger partial charge in [-0.2, -0.15) is 0 Å². The minimum absolute atomic E-state index is 0.0602. The standard InChI is InChI=1S/C27H34F3NO8/c1-3-16-35-17-5-14-31(26(34)38-22-10-12-23(13-11-22)39-27(28,29)30)15-18-37-21-8-6-20(7-9-21)19-24(25(32)33)36-4-2/h6-13,24H,3-5,14-19H2,1-2H3,(H,32,33). The van der Waals surface area contributed by atoms with Gasteiger partial charge in [0.1, 0.15) is 23.9 Å². The summed E-state index contributed by atoms with van der Waals surface area (Å²) in [4.78, 5) is 25.5. The van der Waals surface area contributed by atoms with Gasteiger partial charge in [-0.15, -0.1) is 13.2 Å². The van der Waals surface area contributed by atoms with Gasteiger partial charge < -0.3 is 33.7 Å². The molecule has 0 heterocycles. The summed E-state index contributed by atoms with van der Waals surface area (Å²) in [5, 5.41) is 9.24. The lowest BCUT2D eigenvalue weighted by molar-refractivity contribution is -0.274. The fraction of sp³-hybridized carbons (Fsp3) is 0.481. The molecule has 0 spiro atoms. The van der Waals surface area contributed by atoms with Gasteiger partial charge in [0.05, 0.1) is 6.54 Å². The quantitative estimate of drug-likeness (QED) is 0.261. The van der Waals surface area contributed by atoms with E-state index in [1.54, 1.807) is 31.2 Å². The zero-order valence-corrected chi connectivity index (χ0v) is 21.9. The molecular weight excluding hydrogens is 523 g/mol. The summed E-state index contributed by atoms with van der Waals surface area (Å²) in [6, 6.07) is 11.4. The minimum Gasteiger partial charge on any atom is -0.492 e. The molecule has 0 bridgehead atoms. The van der Waals surface area contributed by atoms with Crippen molar-refractivity contribution in [2.75, 3.05) is 39.5 Å². The van der Waals surface area contributed by atoms with E-state index in [0.717, 1.165) is 24.1 Å². The highest BCUT2D eigenvalue weighted by atomic mass is 19.4. The van der Waals surface area contributed by atoms with Crippen LogP contribution in [0.25, 0.3) is 0 Å². The largest absolute Gasteiger partial charge is 0.573 e. The maximum absolute atomic E-state index is 12.8. The van der Waals surface area contributed by atoms with Gasteiger partial charge in [-0.25, -0.2) is 9.59 Å². The van der Waals surface area contributed by atoms with E-state index < -0.39 is 30.3 Å². The predicted octanol–water partition coefficient (Wildman–Crippen LogP) is 5.31. The van der Waals surface area contributed by atoms with Crippen LogP contribution in [0.5, 0.6) is 17.2 Å². The second kappa shape index (κ2) is 16.5. The van der Waals surface area contributed by atoms with Crippen molar-refractivity contribution in [2.24, 2.45) is 0 Å². The highest BCUT2D eigenvalue weighted by Crippen LogP contribution is 2.25. The van der Waals surface area contributed by atoms with Crippen molar-refractivity contribution in [1.82, 2.24) is 4.90 Å². The number of nitrogens with zero attached hydrogens (tertiary/aromatic N) is 1. The minimum atomic E-state index is -4.82. The molecule has 216 valence electrons. The lowest BCUT2D eigenvalue weighted by Gasteiger charge is -2.22. The van der Waals surface area contributed by atoms with Crippen LogP contribution in [0.2, 0.25) is 0 Å². The number of aliphatic carboxylic acids is 1. The number of halogens is 3. The van der Waals surface area contributed by atoms with E-state index in [9.17, 15) is 27.9 Å². The molecule has 2 aromatic carbocycles. The Morgan fingerprint density at radius 2 is 1.54 bits per heavy atom. The number of alkyl halides is 3. The first kappa shape index (κ1) is 31.7. The van der Waals surface area contributed by atoms with Gasteiger partial charge in [-0.1, -0.05) is 19.1 Å². The first-order valence-corrected chi connectivity index (χ1v) is 12.6. The van der Waals surface area contributed by atoms with Gasteiger partial charge in [0, 0.05) is 32.8 Å². The van der Waals surface area contributed by atoms with Crippen molar-refractivity contribution < 1.29 is 51.6 Å². The molecule has 0 aliphatic heterocycles. The summed E-state index contributed by atoms with van der Waals surface area (Å²) in [5.74, 6) is -0.871. The number of carbonyl (C=O) groups is 2. The van der Waals surface area contributed by atoms with Gasteiger partial charge in [-0.3, -0.25) is 0 Å². The van der Waals surface area contributed by atoms with Gasteiger partial charge in [0.2, 0.25) is 0 Å². The van der Waals surface area contributed by atoms with Crippen molar-refractivity contribution >= 4 is 12.1 Å². The lowest BCUT2D eigenvalue weighted by atomic mass is 10.1. The summed E-state index contributed by atoms with van der Waals surface area (Å²) in [6.45, 7) is 5.69. The second-order valence-electron chi connectivity index (χ2n) is 8.32. The molecule has 1 amide bonds. The Labute approximate surface area is 225 Å². The molecule has 0 saturated carbocycles. The van der Waals surface area contributed by atoms with Gasteiger partial charge in [0.25, 0.3) is 0 Å². The van der Waals surface area contributed by atoms with Crippen LogP contribution < -0.4 is 14.2 Å². The lowest BCUT2D eigenvalue weighted by Crippen LogP contribution is -2.38. The van der Waals surface area contributed by atoms with Crippen LogP contribution in [0.3, 0.4) is 0 Å². The number of hydrogen-bond donors (Lipinski definition) is 1. The van der Waals surface area contributed by atoms with Gasteiger partial charge in [0.15, 0.2) is 6.10 Å². The summed E-state index contributed by atoms with van der Waals surface area (Å²) >= 11 is 0. The average molecular weight is 558 g/mol. The number of benzene rings is 2. The molecule has 0 radical (unpaired) electrons. The Morgan fingerprint density at radius 3 is 2.13 bits per heavy atom. The number of amides is 1. The topological polar surface area (TPSA) is 104 Å². The average Bonchev–Trinajstić information content (AvgIpc) is 2.88. The van der Waals surface area contributed by atoms with Crippen molar-refractivity contribution in [3.63, 3.8) is 0 Å². The summed E-state index contributed by atoms with van der Waals surface area (Å²) in [5.41, 5.74) is 0.770. The van der Waals surface area contributed by atoms with Crippen LogP contribution in [-0.2, 0) is 20.7 Å². The van der Waals surface area contributed by atoms with Gasteiger partial charge in [-0.05, 0) is 61.7 Å². The van der Waals surface area contributed by atoms with E-state index in [1.807, 2.05) is 6.92 Å². The van der Waals surface area contributed by atoms with Crippen molar-refractivity contribution in [3.05, 3.63) is 54.1 Å². The fourth-order valence-electron chi connectivity index (χ4n) is 3.40. The summed E-state index contributed by atoms with van der Waals surface area (Å²) in [6.07, 6.45) is -4.81. The van der Waals surface area contributed by atoms with Crippen LogP contribution in [-0.4, -0.2) is 74.1 Å². The van der Waals surface area contributed by atoms with Crippen LogP contribution in [0.1, 0.15) is 32.3 Å². The van der Waals surface area contributed by atoms with Crippen LogP contribution in [0.4, 0.5) is 18.0 Å². The smallest absolute Gasteiger partial charge is 0.492 e. The summed E-state index contributed by atoms with van der Waals surface area (Å²) in [7, 11) is 0. The highest BCUT2D eigenvalue weighted by Gasteiger charge is 2.31. The number of hydrogen-bond acceptors (Lipinski definition) is 7. The number of carboxylic acids is 1. The Kier molecular flexibility index (Phi) is 13.4. The number of carboxylic acid groups (broad SMARTS) is 1. The molecule has 2 rings (SSSR count). The van der Waals surface area contributed by atoms with Crippen LogP contribution in [0, 0.1) is 0 Å². The third kappa shape index (κ3) is 12.7. The van der Waals surface area contributed by atoms with E-state index >= 15 is 0 Å². The SMILES string of the molecule is CCCOCCCN(CCOc1ccc(CC(OCC)C(=O)O)cc1)C(=O)Oc1ccc(OC(F)(F)F)cc1. The van der Waals surface area contributed by atoms with Gasteiger partial charge >= 0.3 is 18.4 Å². The van der Waals surface area contributed by atoms with E-state index in [2.05, 4.69) is 4.74 Å². The Hall–Kier alpha value is -3.51. The van der Waals surface area contributed by atoms with Crippen molar-refractivity contribution in [2.45, 2.75) is 45.6 Å². The van der Waals surface area contributed by atoms with E-state index in [0.29, 0.717) is 38.5 Å². The van der Waals surface area contributed by atoms with Crippen molar-refractivity contribution in [3.8, 4) is 17.2 Å². The highest BCUT2D eigenvalue weighted by molar-refractivity contribution is 5.72. The second-order valence-corrected chi connectivity index (χ2v) is 8.32. The molecule has 0 aromatic heterocycles. The third-order valence-corrected chi connectivity index (χ3v) is 5.20. The third-order valence-electron chi connectivity index (χ3n) is 5.20. The number of rotatable bonds is 17. The zero-order valence-electron chi connectivity index (χ0n) is 21.9. The number of ether oxygens (including phenoxy) is 5. The molecule has 1 N–H and O–H groups in total. The molecular formula is C27H34F3NO8. The Balaban J connectivity index is 1.93. The first-order chi connectivity index (χ1) is 18.6. The Bertz CT molecular complexity index is 1000. The monoisotopic (exact) mass is 557 g/mol. The molecule has 0 aliphatic rings. The van der Waals surface area contributed by atoms with E-state index in [-0.39, 0.29) is 25.3 Å². The maximum atomic E-state index is 12.8. The molecule has 1 unspecified atom stereocenters. The molecule has 0 aliphatic carbocycles.